The molecule has 5 heteroatoms. The van der Waals surface area contributed by atoms with Crippen LogP contribution < -0.4 is 5.32 Å². The maximum absolute atomic E-state index is 12.4. The van der Waals surface area contributed by atoms with Gasteiger partial charge in [-0.1, -0.05) is 42.6 Å². The van der Waals surface area contributed by atoms with Crippen molar-refractivity contribution in [2.45, 2.75) is 38.6 Å². The van der Waals surface area contributed by atoms with Gasteiger partial charge in [-0.3, -0.25) is 9.59 Å². The summed E-state index contributed by atoms with van der Waals surface area (Å²) in [4.78, 5) is 23.7. The van der Waals surface area contributed by atoms with Gasteiger partial charge < -0.3 is 10.4 Å². The zero-order valence-electron chi connectivity index (χ0n) is 12.0. The summed E-state index contributed by atoms with van der Waals surface area (Å²) in [5, 5.41) is 12.8. The Labute approximate surface area is 129 Å². The number of carboxylic acid groups (broad SMARTS) is 1. The summed E-state index contributed by atoms with van der Waals surface area (Å²) in [5.74, 6) is -2.08. The van der Waals surface area contributed by atoms with Crippen LogP contribution in [0.2, 0.25) is 5.02 Å². The van der Waals surface area contributed by atoms with Crippen LogP contribution in [0.25, 0.3) is 0 Å². The number of carbonyl (C=O) groups excluding carboxylic acids is 1. The van der Waals surface area contributed by atoms with Crippen molar-refractivity contribution in [2.75, 3.05) is 0 Å². The lowest BCUT2D eigenvalue weighted by Gasteiger charge is -2.29. The van der Waals surface area contributed by atoms with Crippen LogP contribution in [0.5, 0.6) is 0 Å². The number of nitrogens with one attached hydrogen (secondary N) is 1. The van der Waals surface area contributed by atoms with Crippen molar-refractivity contribution < 1.29 is 14.7 Å². The van der Waals surface area contributed by atoms with Gasteiger partial charge in [0.2, 0.25) is 5.91 Å². The van der Waals surface area contributed by atoms with Crippen molar-refractivity contribution in [2.24, 2.45) is 11.8 Å². The first-order valence-corrected chi connectivity index (χ1v) is 7.66. The minimum Gasteiger partial charge on any atom is -0.481 e. The van der Waals surface area contributed by atoms with Crippen molar-refractivity contribution in [1.82, 2.24) is 5.32 Å². The van der Waals surface area contributed by atoms with Gasteiger partial charge in [0, 0.05) is 5.02 Å². The van der Waals surface area contributed by atoms with E-state index < -0.39 is 17.8 Å². The van der Waals surface area contributed by atoms with Gasteiger partial charge in [-0.15, -0.1) is 0 Å². The number of aliphatic carboxylic acids is 1. The molecule has 3 atom stereocenters. The number of carboxylic acids is 1. The van der Waals surface area contributed by atoms with E-state index in [1.807, 2.05) is 25.1 Å². The van der Waals surface area contributed by atoms with Crippen molar-refractivity contribution >= 4 is 23.5 Å². The average Bonchev–Trinajstić information content (AvgIpc) is 2.47. The molecule has 2 N–H and O–H groups in total. The van der Waals surface area contributed by atoms with Crippen LogP contribution in [-0.4, -0.2) is 17.0 Å². The molecule has 1 amide bonds. The fraction of sp³-hybridized carbons (Fsp3) is 0.500. The van der Waals surface area contributed by atoms with Gasteiger partial charge >= 0.3 is 5.97 Å². The van der Waals surface area contributed by atoms with E-state index in [1.54, 1.807) is 6.07 Å². The fourth-order valence-electron chi connectivity index (χ4n) is 2.96. The smallest absolute Gasteiger partial charge is 0.307 e. The second-order valence-electron chi connectivity index (χ2n) is 5.59. The minimum atomic E-state index is -0.875. The average molecular weight is 310 g/mol. The summed E-state index contributed by atoms with van der Waals surface area (Å²) in [5.41, 5.74) is 0.843. The first kappa shape index (κ1) is 15.8. The Hall–Kier alpha value is -1.55. The summed E-state index contributed by atoms with van der Waals surface area (Å²) in [7, 11) is 0. The molecule has 0 unspecified atom stereocenters. The second kappa shape index (κ2) is 6.94. The number of halogens is 1. The SMILES string of the molecule is C[C@@H](NC(=O)[C@@H]1CCCC[C@@H]1C(=O)O)c1ccccc1Cl. The lowest BCUT2D eigenvalue weighted by Crippen LogP contribution is -2.40. The Morgan fingerprint density at radius 1 is 1.24 bits per heavy atom. The first-order chi connectivity index (χ1) is 10.0. The van der Waals surface area contributed by atoms with Crippen LogP contribution >= 0.6 is 11.6 Å². The third-order valence-electron chi connectivity index (χ3n) is 4.15. The molecule has 114 valence electrons. The van der Waals surface area contributed by atoms with Gasteiger partial charge in [0.15, 0.2) is 0 Å². The number of hydrogen-bond acceptors (Lipinski definition) is 2. The van der Waals surface area contributed by atoms with E-state index in [2.05, 4.69) is 5.32 Å². The summed E-state index contributed by atoms with van der Waals surface area (Å²) >= 11 is 6.12. The molecule has 4 nitrogen and oxygen atoms in total. The van der Waals surface area contributed by atoms with E-state index in [-0.39, 0.29) is 11.9 Å². The van der Waals surface area contributed by atoms with Crippen LogP contribution in [0.4, 0.5) is 0 Å². The molecule has 0 saturated heterocycles. The largest absolute Gasteiger partial charge is 0.481 e. The van der Waals surface area contributed by atoms with E-state index in [0.29, 0.717) is 17.9 Å². The number of benzene rings is 1. The third-order valence-corrected chi connectivity index (χ3v) is 4.49. The number of amides is 1. The zero-order valence-corrected chi connectivity index (χ0v) is 12.8. The van der Waals surface area contributed by atoms with Crippen LogP contribution in [-0.2, 0) is 9.59 Å². The highest BCUT2D eigenvalue weighted by Gasteiger charge is 2.36. The number of rotatable bonds is 4. The molecule has 2 rings (SSSR count). The Morgan fingerprint density at radius 3 is 2.48 bits per heavy atom. The molecule has 0 radical (unpaired) electrons. The normalized spacial score (nSPS) is 23.3. The molecule has 21 heavy (non-hydrogen) atoms. The third kappa shape index (κ3) is 3.76. The van der Waals surface area contributed by atoms with Crippen molar-refractivity contribution in [1.29, 1.82) is 0 Å². The van der Waals surface area contributed by atoms with E-state index in [0.717, 1.165) is 18.4 Å². The topological polar surface area (TPSA) is 66.4 Å². The quantitative estimate of drug-likeness (QED) is 0.895. The molecule has 0 heterocycles. The van der Waals surface area contributed by atoms with Crippen LogP contribution in [0.15, 0.2) is 24.3 Å². The highest BCUT2D eigenvalue weighted by atomic mass is 35.5. The van der Waals surface area contributed by atoms with Gasteiger partial charge in [0.05, 0.1) is 17.9 Å². The van der Waals surface area contributed by atoms with Gasteiger partial charge in [-0.25, -0.2) is 0 Å². The van der Waals surface area contributed by atoms with E-state index in [1.165, 1.54) is 0 Å². The van der Waals surface area contributed by atoms with Gasteiger partial charge in [0.25, 0.3) is 0 Å². The maximum atomic E-state index is 12.4. The molecule has 0 aromatic heterocycles. The standard InChI is InChI=1S/C16H20ClNO3/c1-10(11-6-4-5-9-14(11)17)18-15(19)12-7-2-3-8-13(12)16(20)21/h4-6,9-10,12-13H,2-3,7-8H2,1H3,(H,18,19)(H,20,21)/t10-,12-,13+/m1/s1. The molecule has 1 aliphatic rings. The molecule has 1 fully saturated rings. The number of hydrogen-bond donors (Lipinski definition) is 2. The first-order valence-electron chi connectivity index (χ1n) is 7.28. The van der Waals surface area contributed by atoms with E-state index >= 15 is 0 Å². The fourth-order valence-corrected chi connectivity index (χ4v) is 3.26. The molecule has 1 aromatic rings. The highest BCUT2D eigenvalue weighted by molar-refractivity contribution is 6.31. The lowest BCUT2D eigenvalue weighted by atomic mass is 9.78. The molecular formula is C16H20ClNO3. The van der Waals surface area contributed by atoms with Crippen LogP contribution in [0, 0.1) is 11.8 Å². The van der Waals surface area contributed by atoms with Gasteiger partial charge in [-0.2, -0.15) is 0 Å². The maximum Gasteiger partial charge on any atom is 0.307 e. The van der Waals surface area contributed by atoms with Crippen LogP contribution in [0.1, 0.15) is 44.2 Å². The van der Waals surface area contributed by atoms with Crippen LogP contribution in [0.3, 0.4) is 0 Å². The van der Waals surface area contributed by atoms with Gasteiger partial charge in [-0.05, 0) is 31.4 Å². The molecule has 1 saturated carbocycles. The Balaban J connectivity index is 2.06. The van der Waals surface area contributed by atoms with Crippen molar-refractivity contribution in [3.63, 3.8) is 0 Å². The molecule has 0 bridgehead atoms. The lowest BCUT2D eigenvalue weighted by molar-refractivity contribution is -0.149. The number of carbonyl (C=O) groups is 2. The Kier molecular flexibility index (Phi) is 5.23. The zero-order chi connectivity index (χ0) is 15.4. The molecule has 0 aliphatic heterocycles. The molecule has 1 aliphatic carbocycles. The monoisotopic (exact) mass is 309 g/mol. The predicted molar refractivity (Wildman–Crippen MR) is 81.1 cm³/mol. The van der Waals surface area contributed by atoms with E-state index in [9.17, 15) is 14.7 Å². The highest BCUT2D eigenvalue weighted by Crippen LogP contribution is 2.31. The van der Waals surface area contributed by atoms with Crippen molar-refractivity contribution in [3.05, 3.63) is 34.9 Å². The summed E-state index contributed by atoms with van der Waals surface area (Å²) in [6.45, 7) is 1.86. The Bertz CT molecular complexity index is 532. The molecular weight excluding hydrogens is 290 g/mol. The second-order valence-corrected chi connectivity index (χ2v) is 5.99. The van der Waals surface area contributed by atoms with Gasteiger partial charge in [0.1, 0.15) is 0 Å². The summed E-state index contributed by atoms with van der Waals surface area (Å²) in [6, 6.07) is 7.11. The van der Waals surface area contributed by atoms with E-state index in [4.69, 9.17) is 11.6 Å². The summed E-state index contributed by atoms with van der Waals surface area (Å²) in [6.07, 6.45) is 3.00. The summed E-state index contributed by atoms with van der Waals surface area (Å²) < 4.78 is 0. The van der Waals surface area contributed by atoms with Crippen molar-refractivity contribution in [3.8, 4) is 0 Å². The molecule has 0 spiro atoms. The predicted octanol–water partition coefficient (Wildman–Crippen LogP) is 3.41. The minimum absolute atomic E-state index is 0.186. The Morgan fingerprint density at radius 2 is 1.86 bits per heavy atom. The molecule has 1 aromatic carbocycles.